The smallest absolute Gasteiger partial charge is 0.275 e. The van der Waals surface area contributed by atoms with Gasteiger partial charge < -0.3 is 0 Å². The van der Waals surface area contributed by atoms with Crippen molar-refractivity contribution >= 4 is 39.7 Å². The Bertz CT molecular complexity index is 1300. The summed E-state index contributed by atoms with van der Waals surface area (Å²) in [6, 6.07) is 4.74. The molecule has 30 heavy (non-hydrogen) atoms. The van der Waals surface area contributed by atoms with Crippen LogP contribution in [0.3, 0.4) is 0 Å². The summed E-state index contributed by atoms with van der Waals surface area (Å²) < 4.78 is 68.3. The van der Waals surface area contributed by atoms with Gasteiger partial charge in [-0.05, 0) is 24.3 Å². The molecular weight excluding hydrogens is 427 g/mol. The number of imidazole rings is 1. The number of allylic oxidation sites excluding steroid dienone is 4. The van der Waals surface area contributed by atoms with Gasteiger partial charge in [0.1, 0.15) is 11.2 Å². The van der Waals surface area contributed by atoms with Crippen LogP contribution in [-0.2, 0) is 6.18 Å². The van der Waals surface area contributed by atoms with Crippen LogP contribution >= 0.6 is 11.6 Å². The molecule has 2 aromatic heterocycles. The van der Waals surface area contributed by atoms with E-state index in [0.717, 1.165) is 16.3 Å². The Morgan fingerprint density at radius 1 is 1.10 bits per heavy atom. The van der Waals surface area contributed by atoms with Crippen LogP contribution in [0.5, 0.6) is 0 Å². The molecule has 0 saturated heterocycles. The Balaban J connectivity index is 1.86. The lowest BCUT2D eigenvalue weighted by molar-refractivity contribution is -0.141. The van der Waals surface area contributed by atoms with Gasteiger partial charge in [-0.1, -0.05) is 29.8 Å². The van der Waals surface area contributed by atoms with Gasteiger partial charge >= 0.3 is 6.18 Å². The molecule has 0 amide bonds. The van der Waals surface area contributed by atoms with Crippen LogP contribution in [0.1, 0.15) is 29.9 Å². The minimum Gasteiger partial charge on any atom is -0.275 e. The van der Waals surface area contributed by atoms with E-state index in [9.17, 15) is 22.0 Å². The van der Waals surface area contributed by atoms with Gasteiger partial charge in [-0.25, -0.2) is 18.7 Å². The van der Waals surface area contributed by atoms with Crippen molar-refractivity contribution in [1.82, 2.24) is 14.5 Å². The van der Waals surface area contributed by atoms with E-state index in [-0.39, 0.29) is 21.9 Å². The number of benzene rings is 1. The molecule has 0 spiro atoms. The van der Waals surface area contributed by atoms with E-state index in [1.54, 1.807) is 12.1 Å². The molecule has 5 rings (SSSR count). The number of alkyl halides is 5. The summed E-state index contributed by atoms with van der Waals surface area (Å²) in [6.07, 6.45) is -1.77. The first-order valence-electron chi connectivity index (χ1n) is 8.78. The summed E-state index contributed by atoms with van der Waals surface area (Å²) in [5.74, 6) is -0.721. The molecule has 152 valence electrons. The average Bonchev–Trinajstić information content (AvgIpc) is 3.24. The molecule has 0 saturated carbocycles. The standard InChI is InChI=1S/C20H10ClF5N4/c21-9-7-13-16(10-3-1-2-4-11(10)27-13)14(8-9)30-18-12(28-19(30)17(22)23)5-6-15(29-18)20(24,25)26/h1-3,5-8,17H,4H2. The third-order valence-corrected chi connectivity index (χ3v) is 5.08. The third kappa shape index (κ3) is 2.84. The minimum absolute atomic E-state index is 0.0799. The maximum atomic E-state index is 13.9. The first-order chi connectivity index (χ1) is 14.2. The Morgan fingerprint density at radius 3 is 2.63 bits per heavy atom. The third-order valence-electron chi connectivity index (χ3n) is 4.86. The van der Waals surface area contributed by atoms with Crippen molar-refractivity contribution in [2.75, 3.05) is 0 Å². The SMILES string of the molecule is FC(F)c1nc2ccc(C(F)(F)F)nc2n1-c1cc(Cl)cc2c1C1=CC=CCC1=N2. The summed E-state index contributed by atoms with van der Waals surface area (Å²) in [5, 5.41) is 0.203. The van der Waals surface area contributed by atoms with E-state index < -0.39 is 24.1 Å². The van der Waals surface area contributed by atoms with E-state index in [4.69, 9.17) is 11.6 Å². The van der Waals surface area contributed by atoms with Crippen LogP contribution in [0, 0.1) is 0 Å². The molecule has 4 nitrogen and oxygen atoms in total. The predicted molar refractivity (Wildman–Crippen MR) is 103 cm³/mol. The molecule has 10 heteroatoms. The quantitative estimate of drug-likeness (QED) is 0.433. The van der Waals surface area contributed by atoms with Gasteiger partial charge in [-0.2, -0.15) is 13.2 Å². The summed E-state index contributed by atoms with van der Waals surface area (Å²) in [4.78, 5) is 12.0. The molecule has 1 aliphatic carbocycles. The fourth-order valence-electron chi connectivity index (χ4n) is 3.66. The highest BCUT2D eigenvalue weighted by molar-refractivity contribution is 6.34. The zero-order valence-electron chi connectivity index (χ0n) is 14.9. The fraction of sp³-hybridized carbons (Fsp3) is 0.150. The molecule has 0 radical (unpaired) electrons. The van der Waals surface area contributed by atoms with Crippen LogP contribution in [-0.4, -0.2) is 20.2 Å². The number of aromatic nitrogens is 3. The molecule has 2 aliphatic rings. The molecule has 0 fully saturated rings. The van der Waals surface area contributed by atoms with Crippen LogP contribution in [0.2, 0.25) is 5.02 Å². The average molecular weight is 437 g/mol. The summed E-state index contributed by atoms with van der Waals surface area (Å²) in [7, 11) is 0. The molecule has 1 aliphatic heterocycles. The van der Waals surface area contributed by atoms with Crippen molar-refractivity contribution in [3.8, 4) is 5.69 Å². The first-order valence-corrected chi connectivity index (χ1v) is 9.15. The van der Waals surface area contributed by atoms with Gasteiger partial charge in [0.25, 0.3) is 6.43 Å². The van der Waals surface area contributed by atoms with Crippen LogP contribution < -0.4 is 0 Å². The Hall–Kier alpha value is -3.07. The highest BCUT2D eigenvalue weighted by Gasteiger charge is 2.35. The monoisotopic (exact) mass is 436 g/mol. The van der Waals surface area contributed by atoms with Crippen molar-refractivity contribution < 1.29 is 22.0 Å². The summed E-state index contributed by atoms with van der Waals surface area (Å²) in [5.41, 5.74) is 0.926. The zero-order valence-corrected chi connectivity index (χ0v) is 15.6. The Morgan fingerprint density at radius 2 is 1.90 bits per heavy atom. The molecule has 0 N–H and O–H groups in total. The summed E-state index contributed by atoms with van der Waals surface area (Å²) in [6.45, 7) is 0. The molecule has 3 heterocycles. The molecule has 3 aromatic rings. The van der Waals surface area contributed by atoms with E-state index in [2.05, 4.69) is 15.0 Å². The number of rotatable bonds is 2. The van der Waals surface area contributed by atoms with Crippen molar-refractivity contribution in [2.24, 2.45) is 4.99 Å². The second kappa shape index (κ2) is 6.46. The van der Waals surface area contributed by atoms with E-state index >= 15 is 0 Å². The van der Waals surface area contributed by atoms with Crippen molar-refractivity contribution in [3.05, 3.63) is 64.6 Å². The number of nitrogens with zero attached hydrogens (tertiary/aromatic N) is 4. The van der Waals surface area contributed by atoms with Gasteiger partial charge in [-0.15, -0.1) is 0 Å². The number of pyridine rings is 1. The second-order valence-electron chi connectivity index (χ2n) is 6.73. The van der Waals surface area contributed by atoms with E-state index in [1.165, 1.54) is 6.07 Å². The highest BCUT2D eigenvalue weighted by Crippen LogP contribution is 2.44. The fourth-order valence-corrected chi connectivity index (χ4v) is 3.87. The predicted octanol–water partition coefficient (Wildman–Crippen LogP) is 6.46. The highest BCUT2D eigenvalue weighted by atomic mass is 35.5. The first kappa shape index (κ1) is 18.9. The topological polar surface area (TPSA) is 43.1 Å². The van der Waals surface area contributed by atoms with Crippen LogP contribution in [0.25, 0.3) is 22.4 Å². The van der Waals surface area contributed by atoms with Gasteiger partial charge in [0.2, 0.25) is 0 Å². The molecule has 0 unspecified atom stereocenters. The number of halogens is 6. The van der Waals surface area contributed by atoms with E-state index in [0.29, 0.717) is 29.3 Å². The number of fused-ring (bicyclic) bond motifs is 4. The lowest BCUT2D eigenvalue weighted by Crippen LogP contribution is -2.10. The normalized spacial score (nSPS) is 15.4. The zero-order chi connectivity index (χ0) is 21.2. The maximum absolute atomic E-state index is 13.9. The van der Waals surface area contributed by atoms with Crippen molar-refractivity contribution in [3.63, 3.8) is 0 Å². The molecular formula is C20H10ClF5N4. The molecule has 0 bridgehead atoms. The maximum Gasteiger partial charge on any atom is 0.433 e. The van der Waals surface area contributed by atoms with Crippen molar-refractivity contribution in [2.45, 2.75) is 19.0 Å². The lowest BCUT2D eigenvalue weighted by Gasteiger charge is -2.16. The van der Waals surface area contributed by atoms with Gasteiger partial charge in [0.05, 0.1) is 17.1 Å². The Labute approximate surface area is 171 Å². The lowest BCUT2D eigenvalue weighted by atomic mass is 9.96. The van der Waals surface area contributed by atoms with Crippen LogP contribution in [0.15, 0.2) is 47.5 Å². The largest absolute Gasteiger partial charge is 0.433 e. The van der Waals surface area contributed by atoms with Gasteiger partial charge in [0, 0.05) is 22.6 Å². The second-order valence-corrected chi connectivity index (χ2v) is 7.17. The van der Waals surface area contributed by atoms with Crippen molar-refractivity contribution in [1.29, 1.82) is 0 Å². The number of hydrogen-bond acceptors (Lipinski definition) is 3. The Kier molecular flexibility index (Phi) is 4.08. The van der Waals surface area contributed by atoms with Gasteiger partial charge in [0.15, 0.2) is 11.5 Å². The molecule has 1 aromatic carbocycles. The number of aliphatic imine (C=N–C) groups is 1. The van der Waals surface area contributed by atoms with Gasteiger partial charge in [-0.3, -0.25) is 9.56 Å². The minimum atomic E-state index is -4.74. The van der Waals surface area contributed by atoms with E-state index in [1.807, 2.05) is 12.2 Å². The van der Waals surface area contributed by atoms with Crippen LogP contribution in [0.4, 0.5) is 27.6 Å². The molecule has 0 atom stereocenters. The summed E-state index contributed by atoms with van der Waals surface area (Å²) >= 11 is 6.20. The number of hydrogen-bond donors (Lipinski definition) is 0.